The second-order valence-electron chi connectivity index (χ2n) is 5.56. The van der Waals surface area contributed by atoms with Crippen LogP contribution in [-0.4, -0.2) is 29.5 Å². The summed E-state index contributed by atoms with van der Waals surface area (Å²) < 4.78 is 12.3. The fourth-order valence-corrected chi connectivity index (χ4v) is 2.82. The zero-order valence-corrected chi connectivity index (χ0v) is 15.4. The van der Waals surface area contributed by atoms with Crippen molar-refractivity contribution in [2.75, 3.05) is 19.5 Å². The summed E-state index contributed by atoms with van der Waals surface area (Å²) in [5, 5.41) is 3.17. The summed E-state index contributed by atoms with van der Waals surface area (Å²) in [5.41, 5.74) is 2.86. The first-order valence-electron chi connectivity index (χ1n) is 7.87. The number of ether oxygens (including phenoxy) is 2. The van der Waals surface area contributed by atoms with Crippen LogP contribution >= 0.6 is 11.6 Å². The Morgan fingerprint density at radius 2 is 1.96 bits per heavy atom. The van der Waals surface area contributed by atoms with Crippen LogP contribution < -0.4 is 14.8 Å². The Kier molecular flexibility index (Phi) is 5.14. The number of carbonyl (C=O) groups is 1. The average molecular weight is 372 g/mol. The van der Waals surface area contributed by atoms with Crippen LogP contribution in [0.5, 0.6) is 11.5 Å². The summed E-state index contributed by atoms with van der Waals surface area (Å²) in [5.74, 6) is 0.862. The van der Waals surface area contributed by atoms with Gasteiger partial charge in [0, 0.05) is 24.0 Å². The van der Waals surface area contributed by atoms with Gasteiger partial charge in [-0.25, -0.2) is 4.98 Å². The molecule has 0 aliphatic rings. The van der Waals surface area contributed by atoms with Gasteiger partial charge in [0.25, 0.3) is 0 Å². The number of amides is 1. The minimum absolute atomic E-state index is 0.290. The number of anilines is 1. The van der Waals surface area contributed by atoms with Crippen molar-refractivity contribution >= 4 is 34.9 Å². The highest BCUT2D eigenvalue weighted by atomic mass is 35.5. The van der Waals surface area contributed by atoms with E-state index < -0.39 is 0 Å². The third-order valence-corrected chi connectivity index (χ3v) is 4.18. The van der Waals surface area contributed by atoms with Crippen LogP contribution in [0.25, 0.3) is 11.7 Å². The number of benzene rings is 1. The van der Waals surface area contributed by atoms with Crippen LogP contribution in [0.1, 0.15) is 11.3 Å². The Morgan fingerprint density at radius 3 is 2.69 bits per heavy atom. The van der Waals surface area contributed by atoms with E-state index in [9.17, 15) is 4.79 Å². The van der Waals surface area contributed by atoms with Gasteiger partial charge in [-0.2, -0.15) is 0 Å². The standard InChI is InChI=1S/C19H18ClN3O3/c1-12-10-15(25-2)16(26-3)11-13(12)21-18(24)8-7-14-19(20)22-17-6-4-5-9-23(14)17/h4-11H,1-3H3,(H,21,24)/b8-7-. The Labute approximate surface area is 156 Å². The number of aromatic nitrogens is 2. The van der Waals surface area contributed by atoms with Crippen molar-refractivity contribution in [3.05, 3.63) is 59.0 Å². The highest BCUT2D eigenvalue weighted by Crippen LogP contribution is 2.32. The predicted octanol–water partition coefficient (Wildman–Crippen LogP) is 3.97. The molecule has 0 bridgehead atoms. The zero-order chi connectivity index (χ0) is 18.7. The molecule has 0 radical (unpaired) electrons. The van der Waals surface area contributed by atoms with Crippen molar-refractivity contribution < 1.29 is 14.3 Å². The normalized spacial score (nSPS) is 11.1. The molecule has 134 valence electrons. The first kappa shape index (κ1) is 17.8. The van der Waals surface area contributed by atoms with Crippen molar-refractivity contribution in [1.82, 2.24) is 9.38 Å². The number of methoxy groups -OCH3 is 2. The second kappa shape index (κ2) is 7.49. The van der Waals surface area contributed by atoms with Crippen molar-refractivity contribution in [2.45, 2.75) is 6.92 Å². The molecule has 0 fully saturated rings. The first-order valence-corrected chi connectivity index (χ1v) is 8.25. The summed E-state index contributed by atoms with van der Waals surface area (Å²) in [7, 11) is 3.11. The SMILES string of the molecule is COc1cc(C)c(NC(=O)/C=C\c2c(Cl)nc3ccccn23)cc1OC. The summed E-state index contributed by atoms with van der Waals surface area (Å²) in [6.45, 7) is 1.88. The number of imidazole rings is 1. The van der Waals surface area contributed by atoms with E-state index in [1.807, 2.05) is 35.7 Å². The molecule has 0 unspecified atom stereocenters. The lowest BCUT2D eigenvalue weighted by atomic mass is 10.1. The third kappa shape index (κ3) is 3.50. The van der Waals surface area contributed by atoms with Gasteiger partial charge in [-0.3, -0.25) is 9.20 Å². The number of nitrogens with one attached hydrogen (secondary N) is 1. The summed E-state index contributed by atoms with van der Waals surface area (Å²) in [4.78, 5) is 16.6. The minimum atomic E-state index is -0.290. The number of halogens is 1. The Morgan fingerprint density at radius 1 is 1.23 bits per heavy atom. The molecule has 1 N–H and O–H groups in total. The molecule has 0 spiro atoms. The molecule has 0 saturated carbocycles. The van der Waals surface area contributed by atoms with E-state index in [0.29, 0.717) is 33.7 Å². The molecule has 26 heavy (non-hydrogen) atoms. The number of hydrogen-bond acceptors (Lipinski definition) is 4. The lowest BCUT2D eigenvalue weighted by molar-refractivity contribution is -0.111. The van der Waals surface area contributed by atoms with Crippen LogP contribution in [0.3, 0.4) is 0 Å². The lowest BCUT2D eigenvalue weighted by Gasteiger charge is -2.12. The van der Waals surface area contributed by atoms with Crippen LogP contribution in [0, 0.1) is 6.92 Å². The first-order chi connectivity index (χ1) is 12.5. The minimum Gasteiger partial charge on any atom is -0.493 e. The number of pyridine rings is 1. The maximum atomic E-state index is 12.3. The van der Waals surface area contributed by atoms with E-state index in [2.05, 4.69) is 10.3 Å². The van der Waals surface area contributed by atoms with Crippen molar-refractivity contribution in [3.8, 4) is 11.5 Å². The van der Waals surface area contributed by atoms with E-state index in [-0.39, 0.29) is 5.91 Å². The van der Waals surface area contributed by atoms with Gasteiger partial charge in [-0.1, -0.05) is 17.7 Å². The van der Waals surface area contributed by atoms with Gasteiger partial charge in [0.05, 0.1) is 19.9 Å². The van der Waals surface area contributed by atoms with Gasteiger partial charge in [0.2, 0.25) is 5.91 Å². The van der Waals surface area contributed by atoms with Crippen LogP contribution in [0.15, 0.2) is 42.6 Å². The molecule has 0 aliphatic carbocycles. The number of fused-ring (bicyclic) bond motifs is 1. The quantitative estimate of drug-likeness (QED) is 0.689. The van der Waals surface area contributed by atoms with Crippen LogP contribution in [0.4, 0.5) is 5.69 Å². The van der Waals surface area contributed by atoms with Gasteiger partial charge in [0.15, 0.2) is 16.7 Å². The van der Waals surface area contributed by atoms with Crippen LogP contribution in [-0.2, 0) is 4.79 Å². The lowest BCUT2D eigenvalue weighted by Crippen LogP contribution is -2.09. The molecular weight excluding hydrogens is 354 g/mol. The monoisotopic (exact) mass is 371 g/mol. The molecule has 0 saturated heterocycles. The molecular formula is C19H18ClN3O3. The van der Waals surface area contributed by atoms with E-state index >= 15 is 0 Å². The number of carbonyl (C=O) groups excluding carboxylic acids is 1. The fourth-order valence-electron chi connectivity index (χ4n) is 2.58. The van der Waals surface area contributed by atoms with Gasteiger partial charge in [-0.15, -0.1) is 0 Å². The van der Waals surface area contributed by atoms with Crippen molar-refractivity contribution in [3.63, 3.8) is 0 Å². The molecule has 0 aliphatic heterocycles. The molecule has 2 heterocycles. The number of rotatable bonds is 5. The average Bonchev–Trinajstić information content (AvgIpc) is 2.96. The molecule has 3 rings (SSSR count). The van der Waals surface area contributed by atoms with E-state index in [0.717, 1.165) is 5.56 Å². The van der Waals surface area contributed by atoms with E-state index in [1.165, 1.54) is 6.08 Å². The molecule has 3 aromatic rings. The van der Waals surface area contributed by atoms with Gasteiger partial charge in [0.1, 0.15) is 5.65 Å². The maximum Gasteiger partial charge on any atom is 0.248 e. The Balaban J connectivity index is 1.83. The van der Waals surface area contributed by atoms with E-state index in [4.69, 9.17) is 21.1 Å². The molecule has 1 amide bonds. The molecule has 1 aromatic carbocycles. The maximum absolute atomic E-state index is 12.3. The largest absolute Gasteiger partial charge is 0.493 e. The smallest absolute Gasteiger partial charge is 0.248 e. The number of aryl methyl sites for hydroxylation is 1. The van der Waals surface area contributed by atoms with Crippen molar-refractivity contribution in [2.24, 2.45) is 0 Å². The third-order valence-electron chi connectivity index (χ3n) is 3.90. The van der Waals surface area contributed by atoms with Gasteiger partial charge >= 0.3 is 0 Å². The van der Waals surface area contributed by atoms with Crippen LogP contribution in [0.2, 0.25) is 5.15 Å². The topological polar surface area (TPSA) is 64.9 Å². The predicted molar refractivity (Wildman–Crippen MR) is 102 cm³/mol. The molecule has 6 nitrogen and oxygen atoms in total. The van der Waals surface area contributed by atoms with Gasteiger partial charge in [-0.05, 0) is 36.8 Å². The summed E-state index contributed by atoms with van der Waals surface area (Å²) >= 11 is 6.16. The molecule has 7 heteroatoms. The Hall–Kier alpha value is -2.99. The second-order valence-corrected chi connectivity index (χ2v) is 5.92. The number of hydrogen-bond donors (Lipinski definition) is 1. The fraction of sp³-hybridized carbons (Fsp3) is 0.158. The van der Waals surface area contributed by atoms with Crippen molar-refractivity contribution in [1.29, 1.82) is 0 Å². The van der Waals surface area contributed by atoms with E-state index in [1.54, 1.807) is 32.4 Å². The molecule has 2 aromatic heterocycles. The summed E-state index contributed by atoms with van der Waals surface area (Å²) in [6, 6.07) is 9.12. The Bertz CT molecular complexity index is 995. The number of nitrogens with zero attached hydrogens (tertiary/aromatic N) is 2. The molecule has 0 atom stereocenters. The summed E-state index contributed by atoms with van der Waals surface area (Å²) in [6.07, 6.45) is 4.89. The highest BCUT2D eigenvalue weighted by Gasteiger charge is 2.11. The highest BCUT2D eigenvalue weighted by molar-refractivity contribution is 6.31. The van der Waals surface area contributed by atoms with Gasteiger partial charge < -0.3 is 14.8 Å². The zero-order valence-electron chi connectivity index (χ0n) is 14.6.